The summed E-state index contributed by atoms with van der Waals surface area (Å²) in [5.74, 6) is -1.07. The van der Waals surface area contributed by atoms with Crippen molar-refractivity contribution < 1.29 is 24.1 Å². The van der Waals surface area contributed by atoms with E-state index in [0.29, 0.717) is 18.9 Å². The molecule has 0 amide bonds. The van der Waals surface area contributed by atoms with Crippen LogP contribution in [0, 0.1) is 5.92 Å². The summed E-state index contributed by atoms with van der Waals surface area (Å²) in [7, 11) is 0. The molecule has 0 fully saturated rings. The molecule has 0 aromatic heterocycles. The topological polar surface area (TPSA) is 77.4 Å². The number of hydrogen-bond donors (Lipinski definition) is 1. The predicted octanol–water partition coefficient (Wildman–Crippen LogP) is 6.03. The first-order chi connectivity index (χ1) is 17.5. The first-order valence-corrected chi connectivity index (χ1v) is 11.9. The Kier molecular flexibility index (Phi) is 10.9. The van der Waals surface area contributed by atoms with E-state index in [1.807, 2.05) is 97.9 Å². The van der Waals surface area contributed by atoms with Crippen LogP contribution in [0.15, 0.2) is 107 Å². The summed E-state index contributed by atoms with van der Waals surface area (Å²) in [5, 5.41) is 10.5. The molecule has 3 aromatic rings. The van der Waals surface area contributed by atoms with Gasteiger partial charge in [-0.1, -0.05) is 97.9 Å². The number of hydrogen-bond acceptors (Lipinski definition) is 6. The Morgan fingerprint density at radius 1 is 0.806 bits per heavy atom. The molecule has 3 aromatic carbocycles. The SMILES string of the molecule is C/C(O)=C(\C(=O)OCc1ccccc1)C(=NCc1ccccc1)C(C)COCOCc1ccccc1. The Labute approximate surface area is 212 Å². The minimum Gasteiger partial charge on any atom is -0.512 e. The second kappa shape index (κ2) is 14.6. The second-order valence-electron chi connectivity index (χ2n) is 8.43. The summed E-state index contributed by atoms with van der Waals surface area (Å²) in [6.07, 6.45) is 0. The van der Waals surface area contributed by atoms with E-state index >= 15 is 0 Å². The Hall–Kier alpha value is -3.74. The summed E-state index contributed by atoms with van der Waals surface area (Å²) in [6.45, 7) is 4.61. The fourth-order valence-corrected chi connectivity index (χ4v) is 3.57. The van der Waals surface area contributed by atoms with Crippen molar-refractivity contribution in [2.75, 3.05) is 13.4 Å². The Morgan fingerprint density at radius 2 is 1.33 bits per heavy atom. The molecule has 0 saturated carbocycles. The lowest BCUT2D eigenvalue weighted by atomic mass is 9.97. The van der Waals surface area contributed by atoms with Crippen molar-refractivity contribution in [3.8, 4) is 0 Å². The average Bonchev–Trinajstić information content (AvgIpc) is 2.91. The largest absolute Gasteiger partial charge is 0.512 e. The number of aliphatic hydroxyl groups excluding tert-OH is 1. The molecule has 0 aliphatic rings. The molecule has 6 heteroatoms. The number of esters is 1. The second-order valence-corrected chi connectivity index (χ2v) is 8.43. The molecule has 1 atom stereocenters. The third-order valence-corrected chi connectivity index (χ3v) is 5.42. The van der Waals surface area contributed by atoms with Crippen molar-refractivity contribution in [2.45, 2.75) is 33.6 Å². The highest BCUT2D eigenvalue weighted by Crippen LogP contribution is 2.18. The van der Waals surface area contributed by atoms with Gasteiger partial charge in [-0.3, -0.25) is 4.99 Å². The maximum absolute atomic E-state index is 13.1. The van der Waals surface area contributed by atoms with Crippen LogP contribution in [0.5, 0.6) is 0 Å². The zero-order valence-corrected chi connectivity index (χ0v) is 20.8. The van der Waals surface area contributed by atoms with Crippen molar-refractivity contribution in [3.05, 3.63) is 119 Å². The van der Waals surface area contributed by atoms with Crippen molar-refractivity contribution in [2.24, 2.45) is 10.9 Å². The molecular weight excluding hydrogens is 454 g/mol. The van der Waals surface area contributed by atoms with Crippen molar-refractivity contribution in [1.82, 2.24) is 0 Å². The van der Waals surface area contributed by atoms with Crippen LogP contribution in [0.3, 0.4) is 0 Å². The van der Waals surface area contributed by atoms with Crippen LogP contribution in [-0.2, 0) is 38.8 Å². The number of allylic oxidation sites excluding steroid dienone is 1. The van der Waals surface area contributed by atoms with Gasteiger partial charge in [-0.05, 0) is 23.6 Å². The monoisotopic (exact) mass is 487 g/mol. The van der Waals surface area contributed by atoms with Gasteiger partial charge in [0.05, 0.1) is 25.5 Å². The molecule has 0 aliphatic carbocycles. The molecule has 1 N–H and O–H groups in total. The fraction of sp³-hybridized carbons (Fsp3) is 0.267. The van der Waals surface area contributed by atoms with E-state index < -0.39 is 5.97 Å². The highest BCUT2D eigenvalue weighted by molar-refractivity contribution is 6.20. The number of aliphatic hydroxyl groups is 1. The van der Waals surface area contributed by atoms with Gasteiger partial charge in [-0.15, -0.1) is 0 Å². The lowest BCUT2D eigenvalue weighted by Crippen LogP contribution is -2.26. The number of rotatable bonds is 13. The third-order valence-electron chi connectivity index (χ3n) is 5.42. The number of nitrogens with zero attached hydrogens (tertiary/aromatic N) is 1. The molecule has 0 bridgehead atoms. The van der Waals surface area contributed by atoms with Crippen molar-refractivity contribution in [3.63, 3.8) is 0 Å². The first-order valence-electron chi connectivity index (χ1n) is 11.9. The lowest BCUT2D eigenvalue weighted by Gasteiger charge is -2.19. The molecule has 6 nitrogen and oxygen atoms in total. The van der Waals surface area contributed by atoms with E-state index in [2.05, 4.69) is 0 Å². The van der Waals surface area contributed by atoms with E-state index in [0.717, 1.165) is 16.7 Å². The van der Waals surface area contributed by atoms with E-state index in [1.54, 1.807) is 0 Å². The minimum atomic E-state index is -0.627. The maximum Gasteiger partial charge on any atom is 0.343 e. The lowest BCUT2D eigenvalue weighted by molar-refractivity contribution is -0.139. The number of ether oxygens (including phenoxy) is 3. The molecule has 36 heavy (non-hydrogen) atoms. The fourth-order valence-electron chi connectivity index (χ4n) is 3.57. The molecule has 0 aliphatic heterocycles. The summed E-state index contributed by atoms with van der Waals surface area (Å²) >= 11 is 0. The molecular formula is C30H33NO5. The van der Waals surface area contributed by atoms with Gasteiger partial charge >= 0.3 is 5.97 Å². The maximum atomic E-state index is 13.1. The van der Waals surface area contributed by atoms with Crippen LogP contribution in [0.25, 0.3) is 0 Å². The van der Waals surface area contributed by atoms with Gasteiger partial charge in [-0.25, -0.2) is 4.79 Å². The van der Waals surface area contributed by atoms with E-state index in [-0.39, 0.29) is 37.3 Å². The normalized spacial score (nSPS) is 13.1. The summed E-state index contributed by atoms with van der Waals surface area (Å²) in [6, 6.07) is 29.0. The van der Waals surface area contributed by atoms with Gasteiger partial charge in [0.1, 0.15) is 24.7 Å². The Balaban J connectivity index is 1.68. The van der Waals surface area contributed by atoms with Gasteiger partial charge < -0.3 is 19.3 Å². The van der Waals surface area contributed by atoms with Crippen LogP contribution in [0.1, 0.15) is 30.5 Å². The van der Waals surface area contributed by atoms with Gasteiger partial charge in [0.2, 0.25) is 0 Å². The van der Waals surface area contributed by atoms with Crippen LogP contribution in [0.4, 0.5) is 0 Å². The zero-order chi connectivity index (χ0) is 25.6. The smallest absolute Gasteiger partial charge is 0.343 e. The van der Waals surface area contributed by atoms with Gasteiger partial charge in [0.25, 0.3) is 0 Å². The standard InChI is InChI=1S/C30H33NO5/c1-23(19-34-22-35-20-26-14-8-4-9-15-26)29(31-18-25-12-6-3-7-13-25)28(24(2)32)30(33)36-21-27-16-10-5-11-17-27/h3-17,23,32H,18-22H2,1-2H3/b28-24+,31-29?. The first kappa shape index (κ1) is 26.9. The predicted molar refractivity (Wildman–Crippen MR) is 140 cm³/mol. The minimum absolute atomic E-state index is 0.0585. The highest BCUT2D eigenvalue weighted by Gasteiger charge is 2.26. The average molecular weight is 488 g/mol. The van der Waals surface area contributed by atoms with Gasteiger partial charge in [0, 0.05) is 5.92 Å². The number of aliphatic imine (C=N–C) groups is 1. The van der Waals surface area contributed by atoms with Crippen molar-refractivity contribution >= 4 is 11.7 Å². The van der Waals surface area contributed by atoms with Gasteiger partial charge in [0.15, 0.2) is 0 Å². The molecule has 188 valence electrons. The molecule has 3 rings (SSSR count). The zero-order valence-electron chi connectivity index (χ0n) is 20.8. The van der Waals surface area contributed by atoms with Crippen LogP contribution in [-0.4, -0.2) is 30.2 Å². The molecule has 1 unspecified atom stereocenters. The number of carbonyl (C=O) groups is 1. The summed E-state index contributed by atoms with van der Waals surface area (Å²) in [5.41, 5.74) is 3.39. The summed E-state index contributed by atoms with van der Waals surface area (Å²) < 4.78 is 16.9. The molecule has 0 spiro atoms. The quantitative estimate of drug-likeness (QED) is 0.0795. The number of carbonyl (C=O) groups excluding carboxylic acids is 1. The molecule has 0 saturated heterocycles. The number of benzene rings is 3. The molecule has 0 radical (unpaired) electrons. The van der Waals surface area contributed by atoms with Crippen LogP contribution >= 0.6 is 0 Å². The van der Waals surface area contributed by atoms with E-state index in [4.69, 9.17) is 19.2 Å². The molecule has 0 heterocycles. The van der Waals surface area contributed by atoms with E-state index in [1.165, 1.54) is 6.92 Å². The van der Waals surface area contributed by atoms with Crippen molar-refractivity contribution in [1.29, 1.82) is 0 Å². The van der Waals surface area contributed by atoms with Crippen LogP contribution in [0.2, 0.25) is 0 Å². The third kappa shape index (κ3) is 8.80. The Bertz CT molecular complexity index is 1120. The Morgan fingerprint density at radius 3 is 1.89 bits per heavy atom. The van der Waals surface area contributed by atoms with Gasteiger partial charge in [-0.2, -0.15) is 0 Å². The summed E-state index contributed by atoms with van der Waals surface area (Å²) in [4.78, 5) is 17.8. The van der Waals surface area contributed by atoms with E-state index in [9.17, 15) is 9.90 Å². The highest BCUT2D eigenvalue weighted by atomic mass is 16.7. The van der Waals surface area contributed by atoms with Crippen LogP contribution < -0.4 is 0 Å².